The van der Waals surface area contributed by atoms with Gasteiger partial charge in [-0.3, -0.25) is 0 Å². The quantitative estimate of drug-likeness (QED) is 0.749. The van der Waals surface area contributed by atoms with Crippen LogP contribution < -0.4 is 11.1 Å². The molecule has 0 aromatic rings. The first-order valence-electron chi connectivity index (χ1n) is 6.40. The first kappa shape index (κ1) is 13.3. The van der Waals surface area contributed by atoms with E-state index >= 15 is 0 Å². The summed E-state index contributed by atoms with van der Waals surface area (Å²) in [7, 11) is 0. The minimum Gasteiger partial charge on any atom is -0.337 e. The molecule has 1 aliphatic rings. The molecule has 0 aliphatic heterocycles. The minimum atomic E-state index is 0.0460. The summed E-state index contributed by atoms with van der Waals surface area (Å²) in [5, 5.41) is 3.03. The number of nitrogens with one attached hydrogen (secondary N) is 1. The summed E-state index contributed by atoms with van der Waals surface area (Å²) in [5.41, 5.74) is 6.00. The summed E-state index contributed by atoms with van der Waals surface area (Å²) in [6, 6.07) is 0.0460. The Morgan fingerprint density at radius 2 is 1.88 bits per heavy atom. The largest absolute Gasteiger partial charge is 0.337 e. The molecule has 0 bridgehead atoms. The molecule has 4 heteroatoms. The molecule has 0 atom stereocenters. The van der Waals surface area contributed by atoms with Crippen LogP contribution in [0.15, 0.2) is 0 Å². The van der Waals surface area contributed by atoms with Gasteiger partial charge in [-0.1, -0.05) is 12.8 Å². The molecule has 0 unspecified atom stereocenters. The van der Waals surface area contributed by atoms with Crippen molar-refractivity contribution in [2.24, 2.45) is 11.1 Å². The number of hydrogen-bond acceptors (Lipinski definition) is 2. The van der Waals surface area contributed by atoms with Crippen molar-refractivity contribution < 1.29 is 4.79 Å². The van der Waals surface area contributed by atoms with E-state index in [9.17, 15) is 4.79 Å². The van der Waals surface area contributed by atoms with E-state index < -0.39 is 0 Å². The van der Waals surface area contributed by atoms with Crippen molar-refractivity contribution in [3.8, 4) is 0 Å². The Morgan fingerprint density at radius 1 is 1.31 bits per heavy atom. The first-order chi connectivity index (χ1) is 7.67. The topological polar surface area (TPSA) is 58.4 Å². The van der Waals surface area contributed by atoms with Crippen molar-refractivity contribution in [2.75, 3.05) is 26.2 Å². The van der Waals surface area contributed by atoms with Crippen LogP contribution in [0.4, 0.5) is 4.79 Å². The Morgan fingerprint density at radius 3 is 2.31 bits per heavy atom. The fourth-order valence-electron chi connectivity index (χ4n) is 2.46. The van der Waals surface area contributed by atoms with Crippen LogP contribution in [-0.2, 0) is 0 Å². The number of nitrogens with two attached hydrogens (primary N) is 1. The van der Waals surface area contributed by atoms with Gasteiger partial charge in [0, 0.05) is 25.0 Å². The highest BCUT2D eigenvalue weighted by atomic mass is 16.2. The summed E-state index contributed by atoms with van der Waals surface area (Å²) >= 11 is 0. The second kappa shape index (κ2) is 6.09. The van der Waals surface area contributed by atoms with Crippen LogP contribution in [0.3, 0.4) is 0 Å². The van der Waals surface area contributed by atoms with E-state index in [0.29, 0.717) is 6.54 Å². The highest BCUT2D eigenvalue weighted by Gasteiger charge is 2.32. The lowest BCUT2D eigenvalue weighted by Crippen LogP contribution is -2.46. The molecule has 0 heterocycles. The number of urea groups is 1. The summed E-state index contributed by atoms with van der Waals surface area (Å²) in [4.78, 5) is 13.6. The SMILES string of the molecule is CCN(CC)C(=O)NCC1(CN)CCCC1. The Kier molecular flexibility index (Phi) is 5.06. The molecule has 16 heavy (non-hydrogen) atoms. The highest BCUT2D eigenvalue weighted by molar-refractivity contribution is 5.74. The first-order valence-corrected chi connectivity index (χ1v) is 6.40. The fourth-order valence-corrected chi connectivity index (χ4v) is 2.46. The predicted molar refractivity (Wildman–Crippen MR) is 66.3 cm³/mol. The van der Waals surface area contributed by atoms with Gasteiger partial charge in [-0.15, -0.1) is 0 Å². The van der Waals surface area contributed by atoms with Crippen LogP contribution in [0, 0.1) is 5.41 Å². The molecule has 3 N–H and O–H groups in total. The van der Waals surface area contributed by atoms with Gasteiger partial charge in [-0.2, -0.15) is 0 Å². The number of rotatable bonds is 5. The van der Waals surface area contributed by atoms with E-state index in [1.807, 2.05) is 13.8 Å². The van der Waals surface area contributed by atoms with Gasteiger partial charge in [-0.05, 0) is 33.2 Å². The van der Waals surface area contributed by atoms with Crippen LogP contribution in [0.25, 0.3) is 0 Å². The molecule has 1 aliphatic carbocycles. The van der Waals surface area contributed by atoms with Crippen molar-refractivity contribution in [3.05, 3.63) is 0 Å². The standard InChI is InChI=1S/C12H25N3O/c1-3-15(4-2)11(16)14-10-12(9-13)7-5-6-8-12/h3-10,13H2,1-2H3,(H,14,16). The third kappa shape index (κ3) is 3.11. The molecule has 1 rings (SSSR count). The van der Waals surface area contributed by atoms with Gasteiger partial charge in [0.1, 0.15) is 0 Å². The molecular weight excluding hydrogens is 202 g/mol. The van der Waals surface area contributed by atoms with Gasteiger partial charge in [0.05, 0.1) is 0 Å². The van der Waals surface area contributed by atoms with E-state index in [1.165, 1.54) is 12.8 Å². The van der Waals surface area contributed by atoms with Crippen LogP contribution in [0.5, 0.6) is 0 Å². The van der Waals surface area contributed by atoms with Crippen LogP contribution in [0.2, 0.25) is 0 Å². The van der Waals surface area contributed by atoms with Gasteiger partial charge >= 0.3 is 6.03 Å². The summed E-state index contributed by atoms with van der Waals surface area (Å²) in [6.45, 7) is 6.94. The van der Waals surface area contributed by atoms with Gasteiger partial charge in [0.15, 0.2) is 0 Å². The lowest BCUT2D eigenvalue weighted by molar-refractivity contribution is 0.194. The van der Waals surface area contributed by atoms with Gasteiger partial charge in [-0.25, -0.2) is 4.79 Å². The van der Waals surface area contributed by atoms with E-state index in [0.717, 1.165) is 32.5 Å². The monoisotopic (exact) mass is 227 g/mol. The molecule has 0 aromatic heterocycles. The van der Waals surface area contributed by atoms with E-state index in [4.69, 9.17) is 5.73 Å². The molecular formula is C12H25N3O. The normalized spacial score (nSPS) is 18.4. The Bertz CT molecular complexity index is 220. The Labute approximate surface area is 98.6 Å². The number of hydrogen-bond donors (Lipinski definition) is 2. The fraction of sp³-hybridized carbons (Fsp3) is 0.917. The van der Waals surface area contributed by atoms with Crippen LogP contribution in [0.1, 0.15) is 39.5 Å². The number of carbonyl (C=O) groups is 1. The lowest BCUT2D eigenvalue weighted by Gasteiger charge is -2.29. The Hall–Kier alpha value is -0.770. The molecule has 0 radical (unpaired) electrons. The summed E-state index contributed by atoms with van der Waals surface area (Å²) in [6.07, 6.45) is 4.81. The molecule has 1 fully saturated rings. The maximum absolute atomic E-state index is 11.8. The van der Waals surface area contributed by atoms with Gasteiger partial charge in [0.25, 0.3) is 0 Å². The summed E-state index contributed by atoms with van der Waals surface area (Å²) < 4.78 is 0. The molecule has 0 aromatic carbocycles. The third-order valence-corrected chi connectivity index (χ3v) is 3.76. The van der Waals surface area contributed by atoms with Crippen molar-refractivity contribution in [1.29, 1.82) is 0 Å². The minimum absolute atomic E-state index is 0.0460. The maximum Gasteiger partial charge on any atom is 0.317 e. The number of carbonyl (C=O) groups excluding carboxylic acids is 1. The third-order valence-electron chi connectivity index (χ3n) is 3.76. The van der Waals surface area contributed by atoms with Crippen molar-refractivity contribution in [2.45, 2.75) is 39.5 Å². The van der Waals surface area contributed by atoms with E-state index in [-0.39, 0.29) is 11.4 Å². The maximum atomic E-state index is 11.8. The second-order valence-corrected chi connectivity index (χ2v) is 4.74. The average molecular weight is 227 g/mol. The van der Waals surface area contributed by atoms with Crippen molar-refractivity contribution in [3.63, 3.8) is 0 Å². The highest BCUT2D eigenvalue weighted by Crippen LogP contribution is 2.36. The zero-order valence-electron chi connectivity index (χ0n) is 10.6. The van der Waals surface area contributed by atoms with Gasteiger partial charge < -0.3 is 16.0 Å². The summed E-state index contributed by atoms with van der Waals surface area (Å²) in [5.74, 6) is 0. The Balaban J connectivity index is 2.40. The van der Waals surface area contributed by atoms with E-state index in [1.54, 1.807) is 4.90 Å². The molecule has 94 valence electrons. The number of amides is 2. The number of nitrogens with zero attached hydrogens (tertiary/aromatic N) is 1. The zero-order valence-corrected chi connectivity index (χ0v) is 10.6. The molecule has 2 amide bonds. The molecule has 0 saturated heterocycles. The second-order valence-electron chi connectivity index (χ2n) is 4.74. The van der Waals surface area contributed by atoms with Crippen molar-refractivity contribution in [1.82, 2.24) is 10.2 Å². The van der Waals surface area contributed by atoms with Crippen molar-refractivity contribution >= 4 is 6.03 Å². The molecule has 4 nitrogen and oxygen atoms in total. The predicted octanol–water partition coefficient (Wildman–Crippen LogP) is 1.56. The van der Waals surface area contributed by atoms with Gasteiger partial charge in [0.2, 0.25) is 0 Å². The molecule has 0 spiro atoms. The van der Waals surface area contributed by atoms with E-state index in [2.05, 4.69) is 5.32 Å². The van der Waals surface area contributed by atoms with Crippen LogP contribution >= 0.6 is 0 Å². The van der Waals surface area contributed by atoms with Crippen LogP contribution in [-0.4, -0.2) is 37.1 Å². The lowest BCUT2D eigenvalue weighted by atomic mass is 9.86. The molecule has 1 saturated carbocycles. The smallest absolute Gasteiger partial charge is 0.317 e. The zero-order chi connectivity index (χ0) is 12.0. The average Bonchev–Trinajstić information content (AvgIpc) is 2.77.